The number of carbonyl (C=O) groups is 1. The van der Waals surface area contributed by atoms with Gasteiger partial charge in [0.2, 0.25) is 5.90 Å². The molecule has 0 saturated heterocycles. The van der Waals surface area contributed by atoms with Gasteiger partial charge in [0.25, 0.3) is 6.02 Å². The average Bonchev–Trinajstić information content (AvgIpc) is 3.40. The molecule has 3 aromatic carbocycles. The van der Waals surface area contributed by atoms with Crippen molar-refractivity contribution in [3.63, 3.8) is 0 Å². The summed E-state index contributed by atoms with van der Waals surface area (Å²) in [6, 6.07) is 6.73. The molecule has 5 rings (SSSR count). The van der Waals surface area contributed by atoms with Gasteiger partial charge in [-0.3, -0.25) is 15.6 Å². The fraction of sp³-hybridized carbons (Fsp3) is 0.323. The first-order valence-electron chi connectivity index (χ1n) is 13.1. The van der Waals surface area contributed by atoms with E-state index in [2.05, 4.69) is 0 Å². The zero-order chi connectivity index (χ0) is 28.7. The number of halogens is 2. The number of benzene rings is 3. The molecular formula is C31H31F2N3O4. The van der Waals surface area contributed by atoms with E-state index in [0.29, 0.717) is 37.4 Å². The van der Waals surface area contributed by atoms with Crippen LogP contribution in [0.5, 0.6) is 5.75 Å². The van der Waals surface area contributed by atoms with E-state index >= 15 is 4.39 Å². The summed E-state index contributed by atoms with van der Waals surface area (Å²) in [4.78, 5) is 14.2. The fourth-order valence-corrected chi connectivity index (χ4v) is 5.78. The third-order valence-electron chi connectivity index (χ3n) is 7.92. The van der Waals surface area contributed by atoms with Crippen LogP contribution in [0.1, 0.15) is 50.9 Å². The van der Waals surface area contributed by atoms with Gasteiger partial charge in [0.15, 0.2) is 11.6 Å². The van der Waals surface area contributed by atoms with E-state index in [4.69, 9.17) is 25.0 Å². The molecule has 40 heavy (non-hydrogen) atoms. The maximum atomic E-state index is 15.3. The van der Waals surface area contributed by atoms with E-state index in [1.807, 2.05) is 20.8 Å². The fourth-order valence-electron chi connectivity index (χ4n) is 5.78. The van der Waals surface area contributed by atoms with Crippen molar-refractivity contribution in [3.8, 4) is 16.9 Å². The number of rotatable bonds is 4. The van der Waals surface area contributed by atoms with Crippen molar-refractivity contribution in [1.29, 1.82) is 10.8 Å². The summed E-state index contributed by atoms with van der Waals surface area (Å²) < 4.78 is 45.1. The quantitative estimate of drug-likeness (QED) is 0.241. The molecule has 0 saturated carbocycles. The van der Waals surface area contributed by atoms with Gasteiger partial charge in [-0.05, 0) is 102 Å². The highest BCUT2D eigenvalue weighted by atomic mass is 19.1. The standard InChI is InChI=1S/C31H31F2N3O4/c1-16-21-9-6-10-39-29(21)26(33)12-22(16)28-18(3)25-15-36(14-24(25)17(2)23(28)13-27(37)38-4)31(35)40-30(34)19-7-5-8-20(32)11-19/h5,7-8,11-12,34-35H,6,9-10,13-15H2,1-4H3. The van der Waals surface area contributed by atoms with Crippen LogP contribution in [0.15, 0.2) is 30.3 Å². The molecule has 0 aliphatic carbocycles. The third kappa shape index (κ3) is 4.80. The maximum absolute atomic E-state index is 15.3. The molecule has 3 aromatic rings. The van der Waals surface area contributed by atoms with Crippen molar-refractivity contribution < 1.29 is 27.8 Å². The number of ether oxygens (including phenoxy) is 3. The molecule has 2 aliphatic rings. The number of nitrogens with zero attached hydrogens (tertiary/aromatic N) is 1. The highest BCUT2D eigenvalue weighted by molar-refractivity contribution is 5.98. The van der Waals surface area contributed by atoms with E-state index in [1.165, 1.54) is 31.4 Å². The van der Waals surface area contributed by atoms with Crippen LogP contribution in [0, 0.1) is 43.2 Å². The third-order valence-corrected chi connectivity index (χ3v) is 7.92. The Bertz CT molecular complexity index is 1570. The molecule has 2 heterocycles. The van der Waals surface area contributed by atoms with Crippen LogP contribution in [0.25, 0.3) is 11.1 Å². The van der Waals surface area contributed by atoms with Crippen LogP contribution in [-0.4, -0.2) is 36.5 Å². The highest BCUT2D eigenvalue weighted by Crippen LogP contribution is 2.44. The van der Waals surface area contributed by atoms with E-state index < -0.39 is 17.6 Å². The van der Waals surface area contributed by atoms with Crippen LogP contribution >= 0.6 is 0 Å². The normalized spacial score (nSPS) is 13.8. The van der Waals surface area contributed by atoms with Gasteiger partial charge in [-0.2, -0.15) is 0 Å². The number of esters is 1. The monoisotopic (exact) mass is 547 g/mol. The summed E-state index contributed by atoms with van der Waals surface area (Å²) in [6.07, 6.45) is 1.52. The predicted molar refractivity (Wildman–Crippen MR) is 147 cm³/mol. The van der Waals surface area contributed by atoms with Crippen molar-refractivity contribution in [2.24, 2.45) is 0 Å². The molecule has 9 heteroatoms. The second kappa shape index (κ2) is 10.7. The van der Waals surface area contributed by atoms with Crippen molar-refractivity contribution in [2.75, 3.05) is 13.7 Å². The lowest BCUT2D eigenvalue weighted by atomic mass is 9.81. The molecule has 0 bridgehead atoms. The van der Waals surface area contributed by atoms with Gasteiger partial charge >= 0.3 is 5.97 Å². The summed E-state index contributed by atoms with van der Waals surface area (Å²) in [6.45, 7) is 6.98. The van der Waals surface area contributed by atoms with Gasteiger partial charge in [-0.15, -0.1) is 0 Å². The van der Waals surface area contributed by atoms with E-state index in [-0.39, 0.29) is 23.9 Å². The Balaban J connectivity index is 1.55. The van der Waals surface area contributed by atoms with Gasteiger partial charge in [0.1, 0.15) is 5.82 Å². The lowest BCUT2D eigenvalue weighted by molar-refractivity contribution is -0.139. The lowest BCUT2D eigenvalue weighted by Crippen LogP contribution is -2.29. The zero-order valence-corrected chi connectivity index (χ0v) is 23.0. The highest BCUT2D eigenvalue weighted by Gasteiger charge is 2.32. The topological polar surface area (TPSA) is 95.7 Å². The molecule has 0 atom stereocenters. The molecule has 0 spiro atoms. The first-order chi connectivity index (χ1) is 19.1. The summed E-state index contributed by atoms with van der Waals surface area (Å²) in [5.74, 6) is -1.36. The Morgan fingerprint density at radius 1 is 1.02 bits per heavy atom. The van der Waals surface area contributed by atoms with E-state index in [9.17, 15) is 9.18 Å². The molecule has 0 fully saturated rings. The van der Waals surface area contributed by atoms with Crippen LogP contribution in [0.2, 0.25) is 0 Å². The SMILES string of the molecule is COC(=O)Cc1c(C)c2c(c(C)c1-c1cc(F)c3c(c1C)CCCO3)CN(C(=N)OC(=N)c1cccc(F)c1)C2. The number of amidine groups is 1. The number of fused-ring (bicyclic) bond motifs is 2. The molecule has 0 radical (unpaired) electrons. The van der Waals surface area contributed by atoms with Crippen LogP contribution in [0.3, 0.4) is 0 Å². The first kappa shape index (κ1) is 27.3. The molecule has 208 valence electrons. The molecule has 0 unspecified atom stereocenters. The summed E-state index contributed by atoms with van der Waals surface area (Å²) in [5, 5.41) is 16.8. The smallest absolute Gasteiger partial charge is 0.310 e. The van der Waals surface area contributed by atoms with Crippen molar-refractivity contribution in [2.45, 2.75) is 53.1 Å². The molecule has 2 aliphatic heterocycles. The maximum Gasteiger partial charge on any atom is 0.310 e. The Hall–Kier alpha value is -4.27. The van der Waals surface area contributed by atoms with Gasteiger partial charge < -0.3 is 19.1 Å². The molecular weight excluding hydrogens is 516 g/mol. The molecule has 0 amide bonds. The molecule has 2 N–H and O–H groups in total. The Kier molecular flexibility index (Phi) is 7.31. The number of methoxy groups -OCH3 is 1. The Morgan fingerprint density at radius 3 is 2.45 bits per heavy atom. The second-order valence-electron chi connectivity index (χ2n) is 10.2. The number of nitrogens with one attached hydrogen (secondary N) is 2. The lowest BCUT2D eigenvalue weighted by Gasteiger charge is -2.25. The van der Waals surface area contributed by atoms with E-state index in [0.717, 1.165) is 50.9 Å². The molecule has 7 nitrogen and oxygen atoms in total. The minimum atomic E-state index is -0.497. The zero-order valence-electron chi connectivity index (χ0n) is 23.0. The van der Waals surface area contributed by atoms with Crippen molar-refractivity contribution in [1.82, 2.24) is 4.90 Å². The van der Waals surface area contributed by atoms with Gasteiger partial charge in [-0.25, -0.2) is 8.78 Å². The average molecular weight is 548 g/mol. The summed E-state index contributed by atoms with van der Waals surface area (Å²) >= 11 is 0. The number of hydrogen-bond donors (Lipinski definition) is 2. The van der Waals surface area contributed by atoms with Crippen LogP contribution in [0.4, 0.5) is 8.78 Å². The van der Waals surface area contributed by atoms with Gasteiger partial charge in [0.05, 0.1) is 20.1 Å². The number of carbonyl (C=O) groups excluding carboxylic acids is 1. The molecule has 0 aromatic heterocycles. The minimum absolute atomic E-state index is 0.0125. The largest absolute Gasteiger partial charge is 0.490 e. The number of hydrogen-bond acceptors (Lipinski definition) is 6. The first-order valence-corrected chi connectivity index (χ1v) is 13.1. The van der Waals surface area contributed by atoms with Crippen molar-refractivity contribution in [3.05, 3.63) is 86.5 Å². The predicted octanol–water partition coefficient (Wildman–Crippen LogP) is 5.89. The van der Waals surface area contributed by atoms with Gasteiger partial charge in [0, 0.05) is 24.2 Å². The summed E-state index contributed by atoms with van der Waals surface area (Å²) in [5.41, 5.74) is 7.89. The van der Waals surface area contributed by atoms with Crippen LogP contribution < -0.4 is 4.74 Å². The summed E-state index contributed by atoms with van der Waals surface area (Å²) in [7, 11) is 1.34. The van der Waals surface area contributed by atoms with Crippen molar-refractivity contribution >= 4 is 17.9 Å². The Labute approximate surface area is 231 Å². The van der Waals surface area contributed by atoms with Crippen LogP contribution in [-0.2, 0) is 40.2 Å². The Morgan fingerprint density at radius 2 is 1.75 bits per heavy atom. The minimum Gasteiger partial charge on any atom is -0.490 e. The van der Waals surface area contributed by atoms with E-state index in [1.54, 1.807) is 11.0 Å². The second-order valence-corrected chi connectivity index (χ2v) is 10.2. The van der Waals surface area contributed by atoms with Gasteiger partial charge in [-0.1, -0.05) is 6.07 Å².